The van der Waals surface area contributed by atoms with Gasteiger partial charge in [0.1, 0.15) is 4.92 Å². The Morgan fingerprint density at radius 1 is 1.33 bits per heavy atom. The topological polar surface area (TPSA) is 105 Å². The molecule has 0 spiro atoms. The summed E-state index contributed by atoms with van der Waals surface area (Å²) in [6.07, 6.45) is 0.941. The molecule has 128 valence electrons. The van der Waals surface area contributed by atoms with Crippen molar-refractivity contribution in [2.45, 2.75) is 33.7 Å². The molecular formula is C16H18N2O6. The van der Waals surface area contributed by atoms with Crippen molar-refractivity contribution in [2.75, 3.05) is 6.61 Å². The summed E-state index contributed by atoms with van der Waals surface area (Å²) in [5, 5.41) is 10.5. The van der Waals surface area contributed by atoms with Gasteiger partial charge in [-0.2, -0.15) is 0 Å². The first-order valence-corrected chi connectivity index (χ1v) is 7.46. The Hall–Kier alpha value is -2.90. The van der Waals surface area contributed by atoms with Crippen molar-refractivity contribution in [1.29, 1.82) is 0 Å². The van der Waals surface area contributed by atoms with E-state index >= 15 is 0 Å². The molecule has 0 bridgehead atoms. The van der Waals surface area contributed by atoms with Crippen LogP contribution in [0.2, 0.25) is 0 Å². The number of aromatic nitrogens is 1. The quantitative estimate of drug-likeness (QED) is 0.333. The maximum absolute atomic E-state index is 12.3. The number of furan rings is 1. The van der Waals surface area contributed by atoms with Crippen LogP contribution in [0.3, 0.4) is 0 Å². The van der Waals surface area contributed by atoms with E-state index in [0.717, 1.165) is 36.5 Å². The molecular weight excluding hydrogens is 316 g/mol. The molecule has 24 heavy (non-hydrogen) atoms. The van der Waals surface area contributed by atoms with E-state index in [9.17, 15) is 19.7 Å². The molecule has 2 rings (SSSR count). The number of aryl methyl sites for hydroxylation is 1. The zero-order chi connectivity index (χ0) is 17.9. The molecule has 0 N–H and O–H groups in total. The van der Waals surface area contributed by atoms with Gasteiger partial charge in [0.15, 0.2) is 6.61 Å². The van der Waals surface area contributed by atoms with Crippen LogP contribution in [0.1, 0.15) is 45.6 Å². The van der Waals surface area contributed by atoms with E-state index < -0.39 is 23.4 Å². The van der Waals surface area contributed by atoms with Gasteiger partial charge in [0.05, 0.1) is 6.07 Å². The van der Waals surface area contributed by atoms with Gasteiger partial charge in [-0.3, -0.25) is 14.9 Å². The SMILES string of the molecule is CCCn1c(C)cc(C(=O)COC(=O)c2ccc([N+](=O)[O-])o2)c1C. The average molecular weight is 334 g/mol. The molecule has 0 unspecified atom stereocenters. The van der Waals surface area contributed by atoms with Gasteiger partial charge in [-0.1, -0.05) is 6.92 Å². The molecule has 2 aromatic rings. The van der Waals surface area contributed by atoms with Crippen molar-refractivity contribution in [2.24, 2.45) is 0 Å². The standard InChI is InChI=1S/C16H18N2O6/c1-4-7-17-10(2)8-12(11(17)3)13(19)9-23-16(20)14-5-6-15(24-14)18(21)22/h5-6,8H,4,7,9H2,1-3H3. The number of ether oxygens (including phenoxy) is 1. The number of ketones is 1. The highest BCUT2D eigenvalue weighted by atomic mass is 16.7. The Bertz CT molecular complexity index is 787. The van der Waals surface area contributed by atoms with Crippen LogP contribution in [0, 0.1) is 24.0 Å². The van der Waals surface area contributed by atoms with Crippen LogP contribution in [-0.4, -0.2) is 27.8 Å². The number of hydrogen-bond donors (Lipinski definition) is 0. The molecule has 8 nitrogen and oxygen atoms in total. The maximum atomic E-state index is 12.3. The van der Waals surface area contributed by atoms with E-state index in [1.165, 1.54) is 0 Å². The third-order valence-electron chi connectivity index (χ3n) is 3.63. The first-order chi connectivity index (χ1) is 11.3. The molecule has 2 heterocycles. The van der Waals surface area contributed by atoms with Gasteiger partial charge in [0.2, 0.25) is 11.5 Å². The monoisotopic (exact) mass is 334 g/mol. The highest BCUT2D eigenvalue weighted by Gasteiger charge is 2.21. The fourth-order valence-corrected chi connectivity index (χ4v) is 2.47. The van der Waals surface area contributed by atoms with Gasteiger partial charge in [0, 0.05) is 23.5 Å². The lowest BCUT2D eigenvalue weighted by atomic mass is 10.1. The highest BCUT2D eigenvalue weighted by Crippen LogP contribution is 2.18. The number of rotatable bonds is 7. The van der Waals surface area contributed by atoms with Crippen LogP contribution in [-0.2, 0) is 11.3 Å². The van der Waals surface area contributed by atoms with Crippen molar-refractivity contribution in [3.05, 3.63) is 51.0 Å². The number of nitro groups is 1. The molecule has 0 saturated carbocycles. The van der Waals surface area contributed by atoms with Crippen molar-refractivity contribution in [3.63, 3.8) is 0 Å². The number of carbonyl (C=O) groups is 2. The van der Waals surface area contributed by atoms with Crippen LogP contribution in [0.25, 0.3) is 0 Å². The van der Waals surface area contributed by atoms with Crippen molar-refractivity contribution in [3.8, 4) is 0 Å². The summed E-state index contributed by atoms with van der Waals surface area (Å²) in [6.45, 7) is 6.15. The smallest absolute Gasteiger partial charge is 0.433 e. The van der Waals surface area contributed by atoms with E-state index in [0.29, 0.717) is 5.56 Å². The molecule has 0 fully saturated rings. The first-order valence-electron chi connectivity index (χ1n) is 7.46. The van der Waals surface area contributed by atoms with E-state index in [1.807, 2.05) is 25.3 Å². The van der Waals surface area contributed by atoms with Crippen molar-refractivity contribution < 1.29 is 23.7 Å². The second-order valence-electron chi connectivity index (χ2n) is 5.33. The zero-order valence-electron chi connectivity index (χ0n) is 13.7. The summed E-state index contributed by atoms with van der Waals surface area (Å²) in [5.41, 5.74) is 2.29. The lowest BCUT2D eigenvalue weighted by Gasteiger charge is -2.07. The molecule has 0 atom stereocenters. The third kappa shape index (κ3) is 3.53. The first kappa shape index (κ1) is 17.5. The predicted molar refractivity (Wildman–Crippen MR) is 84.2 cm³/mol. The van der Waals surface area contributed by atoms with Gasteiger partial charge in [-0.15, -0.1) is 0 Å². The molecule has 0 aliphatic rings. The fraction of sp³-hybridized carbons (Fsp3) is 0.375. The maximum Gasteiger partial charge on any atom is 0.433 e. The summed E-state index contributed by atoms with van der Waals surface area (Å²) in [4.78, 5) is 33.8. The van der Waals surface area contributed by atoms with Crippen LogP contribution < -0.4 is 0 Å². The minimum atomic E-state index is -0.918. The zero-order valence-corrected chi connectivity index (χ0v) is 13.7. The number of Topliss-reactive ketones (excluding diaryl/α,β-unsaturated/α-hetero) is 1. The minimum absolute atomic E-state index is 0.314. The molecule has 0 aliphatic heterocycles. The Kier molecular flexibility index (Phi) is 5.18. The average Bonchev–Trinajstić information content (AvgIpc) is 3.13. The van der Waals surface area contributed by atoms with Crippen LogP contribution in [0.4, 0.5) is 5.88 Å². The Morgan fingerprint density at radius 2 is 2.04 bits per heavy atom. The molecule has 8 heteroatoms. The molecule has 0 saturated heterocycles. The summed E-state index contributed by atoms with van der Waals surface area (Å²) in [5.74, 6) is -2.12. The Balaban J connectivity index is 2.03. The lowest BCUT2D eigenvalue weighted by molar-refractivity contribution is -0.402. The predicted octanol–water partition coefficient (Wildman–Crippen LogP) is 3.06. The van der Waals surface area contributed by atoms with Crippen molar-refractivity contribution in [1.82, 2.24) is 4.57 Å². The molecule has 0 aromatic carbocycles. The Labute approximate surface area is 138 Å². The number of nitrogens with zero attached hydrogens (tertiary/aromatic N) is 2. The van der Waals surface area contributed by atoms with Gasteiger partial charge in [0.25, 0.3) is 0 Å². The lowest BCUT2D eigenvalue weighted by Crippen LogP contribution is -2.14. The van der Waals surface area contributed by atoms with Gasteiger partial charge >= 0.3 is 11.9 Å². The summed E-state index contributed by atoms with van der Waals surface area (Å²) in [7, 11) is 0. The highest BCUT2D eigenvalue weighted by molar-refractivity contribution is 6.00. The van der Waals surface area contributed by atoms with Crippen molar-refractivity contribution >= 4 is 17.6 Å². The summed E-state index contributed by atoms with van der Waals surface area (Å²) < 4.78 is 11.7. The van der Waals surface area contributed by atoms with Gasteiger partial charge < -0.3 is 13.7 Å². The molecule has 2 aromatic heterocycles. The molecule has 0 amide bonds. The largest absolute Gasteiger partial charge is 0.451 e. The van der Waals surface area contributed by atoms with E-state index in [1.54, 1.807) is 6.07 Å². The normalized spacial score (nSPS) is 10.6. The summed E-state index contributed by atoms with van der Waals surface area (Å²) in [6, 6.07) is 3.95. The minimum Gasteiger partial charge on any atom is -0.451 e. The number of carbonyl (C=O) groups excluding carboxylic acids is 2. The molecule has 0 radical (unpaired) electrons. The second kappa shape index (κ2) is 7.12. The van der Waals surface area contributed by atoms with Gasteiger partial charge in [-0.05, 0) is 32.4 Å². The van der Waals surface area contributed by atoms with E-state index in [4.69, 9.17) is 9.15 Å². The number of hydrogen-bond acceptors (Lipinski definition) is 6. The summed E-state index contributed by atoms with van der Waals surface area (Å²) >= 11 is 0. The second-order valence-corrected chi connectivity index (χ2v) is 5.33. The molecule has 0 aliphatic carbocycles. The van der Waals surface area contributed by atoms with Gasteiger partial charge in [-0.25, -0.2) is 4.79 Å². The fourth-order valence-electron chi connectivity index (χ4n) is 2.47. The van der Waals surface area contributed by atoms with Crippen LogP contribution in [0.15, 0.2) is 22.6 Å². The Morgan fingerprint density at radius 3 is 2.62 bits per heavy atom. The third-order valence-corrected chi connectivity index (χ3v) is 3.63. The number of esters is 1. The van der Waals surface area contributed by atoms with E-state index in [-0.39, 0.29) is 11.5 Å². The van der Waals surface area contributed by atoms with Crippen LogP contribution >= 0.6 is 0 Å². The van der Waals surface area contributed by atoms with E-state index in [2.05, 4.69) is 0 Å². The van der Waals surface area contributed by atoms with Crippen LogP contribution in [0.5, 0.6) is 0 Å².